The lowest BCUT2D eigenvalue weighted by molar-refractivity contribution is -0.129. The fraction of sp³-hybridized carbons (Fsp3) is 0.833. The van der Waals surface area contributed by atoms with Crippen molar-refractivity contribution in [2.45, 2.75) is 25.7 Å². The van der Waals surface area contributed by atoms with E-state index in [1.165, 1.54) is 7.11 Å². The van der Waals surface area contributed by atoms with Gasteiger partial charge in [0.05, 0.1) is 15.2 Å². The number of amides is 1. The predicted molar refractivity (Wildman–Crippen MR) is 43.3 cm³/mol. The van der Waals surface area contributed by atoms with E-state index in [0.29, 0.717) is 6.04 Å². The Morgan fingerprint density at radius 1 is 1.50 bits per heavy atom. The van der Waals surface area contributed by atoms with E-state index in [2.05, 4.69) is 30.0 Å². The maximum Gasteiger partial charge on any atom is 0.240 e. The van der Waals surface area contributed by atoms with Crippen LogP contribution in [0.3, 0.4) is 0 Å². The van der Waals surface area contributed by atoms with Crippen LogP contribution in [0.2, 0.25) is 25.7 Å². The zero-order valence-corrected chi connectivity index (χ0v) is 8.02. The largest absolute Gasteiger partial charge is 0.277 e. The molecule has 0 aliphatic carbocycles. The molecule has 0 saturated carbocycles. The predicted octanol–water partition coefficient (Wildman–Crippen LogP) is 1.00. The van der Waals surface area contributed by atoms with Gasteiger partial charge in [-0.05, 0) is 0 Å². The molecule has 0 atom stereocenters. The smallest absolute Gasteiger partial charge is 0.240 e. The van der Waals surface area contributed by atoms with Crippen molar-refractivity contribution >= 4 is 14.0 Å². The first-order chi connectivity index (χ1) is 4.45. The Morgan fingerprint density at radius 2 is 2.00 bits per heavy atom. The summed E-state index contributed by atoms with van der Waals surface area (Å²) in [4.78, 5) is 15.3. The molecule has 0 fully saturated rings. The molecular weight excluding hydrogens is 146 g/mol. The summed E-state index contributed by atoms with van der Waals surface area (Å²) in [6.45, 7) is 6.42. The summed E-state index contributed by atoms with van der Waals surface area (Å²) in [5.74, 6) is -0.0123. The zero-order chi connectivity index (χ0) is 8.20. The van der Waals surface area contributed by atoms with E-state index in [4.69, 9.17) is 0 Å². The third-order valence-electron chi connectivity index (χ3n) is 0.907. The second kappa shape index (κ2) is 3.73. The van der Waals surface area contributed by atoms with Gasteiger partial charge in [-0.3, -0.25) is 9.63 Å². The quantitative estimate of drug-likeness (QED) is 0.495. The number of carbonyl (C=O) groups excluding carboxylic acids is 1. The minimum Gasteiger partial charge on any atom is -0.277 e. The molecule has 4 heteroatoms. The van der Waals surface area contributed by atoms with Gasteiger partial charge >= 0.3 is 0 Å². The highest BCUT2D eigenvalue weighted by Crippen LogP contribution is 2.06. The molecule has 0 heterocycles. The summed E-state index contributed by atoms with van der Waals surface area (Å²) in [7, 11) is 0.197. The van der Waals surface area contributed by atoms with E-state index in [9.17, 15) is 4.79 Å². The van der Waals surface area contributed by atoms with Crippen LogP contribution in [0.5, 0.6) is 0 Å². The summed E-state index contributed by atoms with van der Waals surface area (Å²) in [6.07, 6.45) is 0. The van der Waals surface area contributed by atoms with Gasteiger partial charge in [-0.15, -0.1) is 0 Å². The first kappa shape index (κ1) is 9.65. The van der Waals surface area contributed by atoms with Gasteiger partial charge in [0.1, 0.15) is 0 Å². The van der Waals surface area contributed by atoms with Crippen LogP contribution in [0.25, 0.3) is 0 Å². The van der Waals surface area contributed by atoms with Crippen molar-refractivity contribution in [3.63, 3.8) is 0 Å². The van der Waals surface area contributed by atoms with E-state index in [0.717, 1.165) is 0 Å². The maximum atomic E-state index is 10.9. The van der Waals surface area contributed by atoms with Gasteiger partial charge in [-0.2, -0.15) is 0 Å². The Kier molecular flexibility index (Phi) is 3.60. The maximum absolute atomic E-state index is 10.9. The van der Waals surface area contributed by atoms with E-state index in [1.807, 2.05) is 0 Å². The Balaban J connectivity index is 3.58. The van der Waals surface area contributed by atoms with E-state index in [-0.39, 0.29) is 5.91 Å². The number of hydrogen-bond donors (Lipinski definition) is 1. The lowest BCUT2D eigenvalue weighted by atomic mass is 10.7. The summed E-state index contributed by atoms with van der Waals surface area (Å²) < 4.78 is 0. The van der Waals surface area contributed by atoms with Gasteiger partial charge in [-0.25, -0.2) is 5.48 Å². The fourth-order valence-corrected chi connectivity index (χ4v) is 1.67. The van der Waals surface area contributed by atoms with Crippen molar-refractivity contribution in [1.29, 1.82) is 0 Å². The van der Waals surface area contributed by atoms with Crippen molar-refractivity contribution in [1.82, 2.24) is 5.48 Å². The van der Waals surface area contributed by atoms with Crippen molar-refractivity contribution in [2.24, 2.45) is 0 Å². The molecule has 0 aromatic carbocycles. The summed E-state index contributed by atoms with van der Waals surface area (Å²) in [6, 6.07) is 0.626. The van der Waals surface area contributed by atoms with Crippen LogP contribution in [0.4, 0.5) is 0 Å². The molecule has 3 nitrogen and oxygen atoms in total. The molecule has 0 radical (unpaired) electrons. The van der Waals surface area contributed by atoms with Crippen LogP contribution in [0.15, 0.2) is 0 Å². The van der Waals surface area contributed by atoms with Gasteiger partial charge in [0, 0.05) is 6.04 Å². The number of carbonyl (C=O) groups is 1. The molecule has 0 rings (SSSR count). The average Bonchev–Trinajstić information content (AvgIpc) is 1.59. The SMILES string of the molecule is CONC(=O)C[Si](C)(C)C. The average molecular weight is 161 g/mol. The second-order valence-electron chi connectivity index (χ2n) is 3.47. The minimum absolute atomic E-state index is 0.0123. The van der Waals surface area contributed by atoms with Gasteiger partial charge < -0.3 is 0 Å². The molecule has 0 aliphatic heterocycles. The van der Waals surface area contributed by atoms with Crippen LogP contribution in [0, 0.1) is 0 Å². The number of rotatable bonds is 3. The first-order valence-electron chi connectivity index (χ1n) is 3.27. The minimum atomic E-state index is -1.25. The Hall–Kier alpha value is -0.353. The normalized spacial score (nSPS) is 11.2. The molecule has 0 aromatic rings. The molecule has 60 valence electrons. The van der Waals surface area contributed by atoms with Gasteiger partial charge in [-0.1, -0.05) is 19.6 Å². The highest BCUT2D eigenvalue weighted by Gasteiger charge is 2.17. The van der Waals surface area contributed by atoms with E-state index >= 15 is 0 Å². The van der Waals surface area contributed by atoms with Gasteiger partial charge in [0.2, 0.25) is 5.91 Å². The second-order valence-corrected chi connectivity index (χ2v) is 8.94. The topological polar surface area (TPSA) is 38.3 Å². The Labute approximate surface area is 62.7 Å². The monoisotopic (exact) mass is 161 g/mol. The Bertz CT molecular complexity index is 119. The van der Waals surface area contributed by atoms with Crippen LogP contribution >= 0.6 is 0 Å². The molecule has 0 saturated heterocycles. The van der Waals surface area contributed by atoms with E-state index < -0.39 is 8.07 Å². The van der Waals surface area contributed by atoms with Crippen LogP contribution in [-0.2, 0) is 9.63 Å². The summed E-state index contributed by atoms with van der Waals surface area (Å²) >= 11 is 0. The molecule has 0 aliphatic rings. The van der Waals surface area contributed by atoms with Crippen molar-refractivity contribution in [2.75, 3.05) is 7.11 Å². The van der Waals surface area contributed by atoms with Crippen molar-refractivity contribution in [3.8, 4) is 0 Å². The molecule has 0 aromatic heterocycles. The number of nitrogens with one attached hydrogen (secondary N) is 1. The standard InChI is InChI=1S/C6H15NO2Si/c1-9-7-6(8)5-10(2,3)4/h5H2,1-4H3,(H,7,8). The number of hydroxylamine groups is 1. The van der Waals surface area contributed by atoms with Crippen molar-refractivity contribution < 1.29 is 9.63 Å². The first-order valence-corrected chi connectivity index (χ1v) is 6.98. The molecule has 1 amide bonds. The molecule has 1 N–H and O–H groups in total. The van der Waals surface area contributed by atoms with Crippen LogP contribution in [-0.4, -0.2) is 21.1 Å². The zero-order valence-electron chi connectivity index (χ0n) is 7.02. The fourth-order valence-electron chi connectivity index (χ4n) is 0.632. The van der Waals surface area contributed by atoms with Gasteiger partial charge in [0.25, 0.3) is 0 Å². The van der Waals surface area contributed by atoms with Crippen molar-refractivity contribution in [3.05, 3.63) is 0 Å². The van der Waals surface area contributed by atoms with Crippen LogP contribution < -0.4 is 5.48 Å². The number of hydrogen-bond acceptors (Lipinski definition) is 2. The highest BCUT2D eigenvalue weighted by molar-refractivity contribution is 6.78. The molecule has 0 unspecified atom stereocenters. The Morgan fingerprint density at radius 3 is 2.30 bits per heavy atom. The summed E-state index contributed by atoms with van der Waals surface area (Å²) in [5.41, 5.74) is 2.30. The highest BCUT2D eigenvalue weighted by atomic mass is 28.3. The third kappa shape index (κ3) is 5.78. The van der Waals surface area contributed by atoms with Gasteiger partial charge in [0.15, 0.2) is 0 Å². The molecule has 0 bridgehead atoms. The molecule has 10 heavy (non-hydrogen) atoms. The lowest BCUT2D eigenvalue weighted by Gasteiger charge is -2.13. The molecular formula is C6H15NO2Si. The van der Waals surface area contributed by atoms with Crippen LogP contribution in [0.1, 0.15) is 0 Å². The third-order valence-corrected chi connectivity index (χ3v) is 2.29. The molecule has 0 spiro atoms. The lowest BCUT2D eigenvalue weighted by Crippen LogP contribution is -2.31. The summed E-state index contributed by atoms with van der Waals surface area (Å²) in [5, 5.41) is 0. The van der Waals surface area contributed by atoms with E-state index in [1.54, 1.807) is 0 Å².